The summed E-state index contributed by atoms with van der Waals surface area (Å²) in [7, 11) is 2.79. The van der Waals surface area contributed by atoms with E-state index in [2.05, 4.69) is 5.32 Å². The zero-order chi connectivity index (χ0) is 19.4. The van der Waals surface area contributed by atoms with Gasteiger partial charge in [0.05, 0.1) is 20.1 Å². The van der Waals surface area contributed by atoms with Gasteiger partial charge in [0.2, 0.25) is 5.91 Å². The van der Waals surface area contributed by atoms with Crippen LogP contribution in [-0.4, -0.2) is 32.7 Å². The van der Waals surface area contributed by atoms with Crippen molar-refractivity contribution in [2.45, 2.75) is 13.0 Å². The van der Waals surface area contributed by atoms with Crippen LogP contribution in [0.5, 0.6) is 11.5 Å². The van der Waals surface area contributed by atoms with Crippen molar-refractivity contribution < 1.29 is 23.8 Å². The Morgan fingerprint density at radius 3 is 2.78 bits per heavy atom. The van der Waals surface area contributed by atoms with Gasteiger partial charge in [-0.2, -0.15) is 0 Å². The number of rotatable bonds is 5. The Morgan fingerprint density at radius 1 is 1.22 bits per heavy atom. The summed E-state index contributed by atoms with van der Waals surface area (Å²) in [5, 5.41) is 3.51. The standard InChI is InChI=1S/C20H20ClNO5/c1-25-18-5-3-12(7-16(18)20(24)26-2)10-22-19(23)14-8-13-9-15(21)4-6-17(13)27-11-14/h3-7,9,14H,8,10-11H2,1-2H3,(H,22,23)/t14-/m1/s1. The maximum atomic E-state index is 12.5. The van der Waals surface area contributed by atoms with Crippen LogP contribution >= 0.6 is 11.6 Å². The summed E-state index contributed by atoms with van der Waals surface area (Å²) in [6, 6.07) is 10.5. The van der Waals surface area contributed by atoms with Crippen molar-refractivity contribution in [2.75, 3.05) is 20.8 Å². The van der Waals surface area contributed by atoms with E-state index >= 15 is 0 Å². The van der Waals surface area contributed by atoms with Gasteiger partial charge in [-0.1, -0.05) is 17.7 Å². The van der Waals surface area contributed by atoms with Crippen molar-refractivity contribution in [3.63, 3.8) is 0 Å². The molecule has 0 aromatic heterocycles. The molecule has 0 saturated carbocycles. The first-order valence-corrected chi connectivity index (χ1v) is 8.83. The fourth-order valence-corrected chi connectivity index (χ4v) is 3.19. The van der Waals surface area contributed by atoms with E-state index in [4.69, 9.17) is 25.8 Å². The molecule has 0 unspecified atom stereocenters. The number of amides is 1. The predicted octanol–water partition coefficient (Wildman–Crippen LogP) is 3.00. The Bertz CT molecular complexity index is 867. The summed E-state index contributed by atoms with van der Waals surface area (Å²) in [6.45, 7) is 0.599. The largest absolute Gasteiger partial charge is 0.496 e. The number of esters is 1. The number of carbonyl (C=O) groups excluding carboxylic acids is 2. The van der Waals surface area contributed by atoms with E-state index in [-0.39, 0.29) is 18.4 Å². The van der Waals surface area contributed by atoms with Crippen molar-refractivity contribution in [3.8, 4) is 11.5 Å². The molecule has 1 aliphatic rings. The quantitative estimate of drug-likeness (QED) is 0.796. The molecule has 0 spiro atoms. The Balaban J connectivity index is 1.65. The number of hydrogen-bond donors (Lipinski definition) is 1. The van der Waals surface area contributed by atoms with Gasteiger partial charge in [0, 0.05) is 11.6 Å². The minimum Gasteiger partial charge on any atom is -0.496 e. The van der Waals surface area contributed by atoms with Crippen LogP contribution in [0.25, 0.3) is 0 Å². The van der Waals surface area contributed by atoms with E-state index in [9.17, 15) is 9.59 Å². The Kier molecular flexibility index (Phi) is 5.86. The second-order valence-electron chi connectivity index (χ2n) is 6.21. The highest BCUT2D eigenvalue weighted by atomic mass is 35.5. The van der Waals surface area contributed by atoms with E-state index in [1.165, 1.54) is 14.2 Å². The first kappa shape index (κ1) is 19.0. The van der Waals surface area contributed by atoms with Gasteiger partial charge in [0.25, 0.3) is 0 Å². The third-order valence-corrected chi connectivity index (χ3v) is 4.67. The van der Waals surface area contributed by atoms with Crippen LogP contribution in [0.2, 0.25) is 5.02 Å². The molecule has 0 fully saturated rings. The first-order valence-electron chi connectivity index (χ1n) is 8.46. The van der Waals surface area contributed by atoms with Gasteiger partial charge in [-0.15, -0.1) is 0 Å². The monoisotopic (exact) mass is 389 g/mol. The van der Waals surface area contributed by atoms with Gasteiger partial charge >= 0.3 is 5.97 Å². The van der Waals surface area contributed by atoms with E-state index in [1.807, 2.05) is 12.1 Å². The summed E-state index contributed by atoms with van der Waals surface area (Å²) in [6.07, 6.45) is 0.567. The molecule has 1 amide bonds. The van der Waals surface area contributed by atoms with E-state index in [1.54, 1.807) is 24.3 Å². The minimum absolute atomic E-state index is 0.115. The highest BCUT2D eigenvalue weighted by Crippen LogP contribution is 2.30. The van der Waals surface area contributed by atoms with Crippen molar-refractivity contribution in [2.24, 2.45) is 5.92 Å². The minimum atomic E-state index is -0.491. The normalized spacial score (nSPS) is 15.3. The number of ether oxygens (including phenoxy) is 3. The van der Waals surface area contributed by atoms with Crippen LogP contribution < -0.4 is 14.8 Å². The number of benzene rings is 2. The van der Waals surface area contributed by atoms with Crippen LogP contribution in [0.1, 0.15) is 21.5 Å². The maximum Gasteiger partial charge on any atom is 0.341 e. The molecular weight excluding hydrogens is 370 g/mol. The molecule has 7 heteroatoms. The second kappa shape index (κ2) is 8.31. The number of fused-ring (bicyclic) bond motifs is 1. The molecule has 1 N–H and O–H groups in total. The number of carbonyl (C=O) groups is 2. The zero-order valence-electron chi connectivity index (χ0n) is 15.1. The van der Waals surface area contributed by atoms with E-state index in [0.29, 0.717) is 29.4 Å². The molecule has 0 radical (unpaired) electrons. The fourth-order valence-electron chi connectivity index (χ4n) is 3.00. The number of nitrogens with one attached hydrogen (secondary N) is 1. The van der Waals surface area contributed by atoms with Gasteiger partial charge in [-0.25, -0.2) is 4.79 Å². The molecule has 1 atom stereocenters. The van der Waals surface area contributed by atoms with Crippen LogP contribution in [0.4, 0.5) is 0 Å². The molecule has 2 aromatic rings. The zero-order valence-corrected chi connectivity index (χ0v) is 15.8. The molecule has 142 valence electrons. The molecule has 3 rings (SSSR count). The lowest BCUT2D eigenvalue weighted by molar-refractivity contribution is -0.126. The summed E-state index contributed by atoms with van der Waals surface area (Å²) < 4.78 is 15.6. The Morgan fingerprint density at radius 2 is 2.04 bits per heavy atom. The van der Waals surface area contributed by atoms with Gasteiger partial charge in [-0.05, 0) is 47.9 Å². The van der Waals surface area contributed by atoms with Crippen LogP contribution in [-0.2, 0) is 22.5 Å². The molecule has 1 heterocycles. The first-order chi connectivity index (χ1) is 13.0. The number of hydrogen-bond acceptors (Lipinski definition) is 5. The van der Waals surface area contributed by atoms with Crippen LogP contribution in [0.15, 0.2) is 36.4 Å². The Hall–Kier alpha value is -2.73. The van der Waals surface area contributed by atoms with Crippen molar-refractivity contribution in [3.05, 3.63) is 58.1 Å². The fraction of sp³-hybridized carbons (Fsp3) is 0.300. The summed E-state index contributed by atoms with van der Waals surface area (Å²) in [5.74, 6) is 0.284. The molecule has 6 nitrogen and oxygen atoms in total. The van der Waals surface area contributed by atoms with E-state index < -0.39 is 5.97 Å². The molecule has 2 aromatic carbocycles. The van der Waals surface area contributed by atoms with Crippen molar-refractivity contribution in [1.29, 1.82) is 0 Å². The molecule has 0 aliphatic carbocycles. The van der Waals surface area contributed by atoms with Gasteiger partial charge < -0.3 is 19.5 Å². The summed E-state index contributed by atoms with van der Waals surface area (Å²) in [5.41, 5.74) is 2.01. The third-order valence-electron chi connectivity index (χ3n) is 4.44. The summed E-state index contributed by atoms with van der Waals surface area (Å²) in [4.78, 5) is 24.4. The second-order valence-corrected chi connectivity index (χ2v) is 6.64. The molecule has 0 bridgehead atoms. The predicted molar refractivity (Wildman–Crippen MR) is 100 cm³/mol. The average molecular weight is 390 g/mol. The highest BCUT2D eigenvalue weighted by Gasteiger charge is 2.26. The topological polar surface area (TPSA) is 73.9 Å². The molecule has 1 aliphatic heterocycles. The van der Waals surface area contributed by atoms with Gasteiger partial charge in [0.1, 0.15) is 23.7 Å². The highest BCUT2D eigenvalue weighted by molar-refractivity contribution is 6.30. The number of halogens is 1. The lowest BCUT2D eigenvalue weighted by atomic mass is 9.96. The van der Waals surface area contributed by atoms with Crippen LogP contribution in [0, 0.1) is 5.92 Å². The molecular formula is C20H20ClNO5. The summed E-state index contributed by atoms with van der Waals surface area (Å²) >= 11 is 6.02. The Labute approximate surface area is 162 Å². The van der Waals surface area contributed by atoms with E-state index in [0.717, 1.165) is 16.9 Å². The molecule has 0 saturated heterocycles. The smallest absolute Gasteiger partial charge is 0.341 e. The van der Waals surface area contributed by atoms with Crippen molar-refractivity contribution >= 4 is 23.5 Å². The van der Waals surface area contributed by atoms with Gasteiger partial charge in [-0.3, -0.25) is 4.79 Å². The maximum absolute atomic E-state index is 12.5. The lowest BCUT2D eigenvalue weighted by Crippen LogP contribution is -2.37. The SMILES string of the molecule is COC(=O)c1cc(CNC(=O)[C@H]2COc3ccc(Cl)cc3C2)ccc1OC. The van der Waals surface area contributed by atoms with Crippen molar-refractivity contribution in [1.82, 2.24) is 5.32 Å². The third kappa shape index (κ3) is 4.34. The average Bonchev–Trinajstić information content (AvgIpc) is 2.70. The molecule has 27 heavy (non-hydrogen) atoms. The lowest BCUT2D eigenvalue weighted by Gasteiger charge is -2.24. The number of methoxy groups -OCH3 is 2. The van der Waals surface area contributed by atoms with Crippen LogP contribution in [0.3, 0.4) is 0 Å². The van der Waals surface area contributed by atoms with Gasteiger partial charge in [0.15, 0.2) is 0 Å².